The number of nitrogens with zero attached hydrogens (tertiary/aromatic N) is 3. The van der Waals surface area contributed by atoms with Crippen LogP contribution in [-0.2, 0) is 0 Å². The van der Waals surface area contributed by atoms with Gasteiger partial charge in [0.25, 0.3) is 5.91 Å². The molecular formula is C24H28ClN3O3. The van der Waals surface area contributed by atoms with E-state index in [2.05, 4.69) is 11.0 Å². The highest BCUT2D eigenvalue weighted by atomic mass is 35.5. The van der Waals surface area contributed by atoms with E-state index in [1.807, 2.05) is 43.0 Å². The summed E-state index contributed by atoms with van der Waals surface area (Å²) in [7, 11) is 0. The van der Waals surface area contributed by atoms with E-state index in [1.54, 1.807) is 12.1 Å². The summed E-state index contributed by atoms with van der Waals surface area (Å²) < 4.78 is 11.4. The smallest absolute Gasteiger partial charge is 0.254 e. The monoisotopic (exact) mass is 441 g/mol. The first kappa shape index (κ1) is 22.8. The molecule has 1 heterocycles. The number of ether oxygens (including phenoxy) is 2. The summed E-state index contributed by atoms with van der Waals surface area (Å²) in [5.74, 6) is 0.928. The predicted molar refractivity (Wildman–Crippen MR) is 122 cm³/mol. The molecule has 0 radical (unpaired) electrons. The Morgan fingerprint density at radius 2 is 1.87 bits per heavy atom. The fourth-order valence-corrected chi connectivity index (χ4v) is 3.87. The summed E-state index contributed by atoms with van der Waals surface area (Å²) in [6.07, 6.45) is 1.71. The molecule has 1 fully saturated rings. The fourth-order valence-electron chi connectivity index (χ4n) is 3.61. The molecule has 1 saturated heterocycles. The van der Waals surface area contributed by atoms with Crippen molar-refractivity contribution in [3.05, 3.63) is 52.5 Å². The highest BCUT2D eigenvalue weighted by Crippen LogP contribution is 2.37. The highest BCUT2D eigenvalue weighted by molar-refractivity contribution is 6.32. The molecular weight excluding hydrogens is 414 g/mol. The van der Waals surface area contributed by atoms with E-state index in [0.717, 1.165) is 31.6 Å². The quantitative estimate of drug-likeness (QED) is 0.620. The van der Waals surface area contributed by atoms with Crippen LogP contribution < -0.4 is 14.4 Å². The van der Waals surface area contributed by atoms with E-state index in [1.165, 1.54) is 0 Å². The van der Waals surface area contributed by atoms with Crippen molar-refractivity contribution >= 4 is 23.2 Å². The number of anilines is 1. The molecule has 0 saturated carbocycles. The minimum absolute atomic E-state index is 0.0634. The van der Waals surface area contributed by atoms with Gasteiger partial charge in [-0.2, -0.15) is 5.26 Å². The van der Waals surface area contributed by atoms with E-state index >= 15 is 0 Å². The van der Waals surface area contributed by atoms with Crippen molar-refractivity contribution in [2.45, 2.75) is 26.7 Å². The van der Waals surface area contributed by atoms with Crippen LogP contribution in [0.25, 0.3) is 0 Å². The van der Waals surface area contributed by atoms with E-state index in [0.29, 0.717) is 54.0 Å². The third-order valence-corrected chi connectivity index (χ3v) is 5.43. The number of rotatable bonds is 7. The van der Waals surface area contributed by atoms with Gasteiger partial charge in [-0.3, -0.25) is 4.79 Å². The van der Waals surface area contributed by atoms with Gasteiger partial charge in [-0.05, 0) is 56.2 Å². The first-order valence-corrected chi connectivity index (χ1v) is 11.1. The highest BCUT2D eigenvalue weighted by Gasteiger charge is 2.23. The number of amides is 1. The number of benzene rings is 2. The predicted octanol–water partition coefficient (Wildman–Crippen LogP) is 4.75. The Kier molecular flexibility index (Phi) is 8.02. The lowest BCUT2D eigenvalue weighted by Crippen LogP contribution is -2.35. The number of carbonyl (C=O) groups is 1. The molecule has 2 aromatic carbocycles. The minimum Gasteiger partial charge on any atom is -0.490 e. The van der Waals surface area contributed by atoms with E-state index < -0.39 is 0 Å². The van der Waals surface area contributed by atoms with Crippen LogP contribution in [-0.4, -0.2) is 50.2 Å². The molecule has 6 nitrogen and oxygen atoms in total. The van der Waals surface area contributed by atoms with Crippen LogP contribution in [0.4, 0.5) is 5.69 Å². The largest absolute Gasteiger partial charge is 0.490 e. The van der Waals surface area contributed by atoms with Gasteiger partial charge < -0.3 is 19.3 Å². The molecule has 3 rings (SSSR count). The van der Waals surface area contributed by atoms with Crippen molar-refractivity contribution in [3.63, 3.8) is 0 Å². The van der Waals surface area contributed by atoms with Crippen LogP contribution in [0.15, 0.2) is 36.4 Å². The molecule has 2 aromatic rings. The summed E-state index contributed by atoms with van der Waals surface area (Å²) in [5.41, 5.74) is 2.21. The third-order valence-electron chi connectivity index (χ3n) is 5.15. The molecule has 0 atom stereocenters. The van der Waals surface area contributed by atoms with Crippen LogP contribution in [0.5, 0.6) is 11.5 Å². The Labute approximate surface area is 188 Å². The van der Waals surface area contributed by atoms with Gasteiger partial charge in [-0.25, -0.2) is 0 Å². The van der Waals surface area contributed by atoms with Crippen molar-refractivity contribution in [1.29, 1.82) is 5.26 Å². The number of halogens is 1. The van der Waals surface area contributed by atoms with Gasteiger partial charge in [0.2, 0.25) is 0 Å². The van der Waals surface area contributed by atoms with E-state index in [4.69, 9.17) is 26.3 Å². The maximum atomic E-state index is 13.2. The van der Waals surface area contributed by atoms with Crippen molar-refractivity contribution < 1.29 is 14.3 Å². The maximum absolute atomic E-state index is 13.2. The standard InChI is InChI=1S/C24H28ClN3O3/c1-3-14-31-23-21(25)15-19(16-22(23)30-4-2)24(29)28-11-5-10-27(12-13-28)20-8-6-18(17-26)7-9-20/h6-9,15-16H,3-5,10-14H2,1-2H3. The molecule has 0 N–H and O–H groups in total. The Balaban J connectivity index is 1.74. The molecule has 0 aliphatic carbocycles. The third kappa shape index (κ3) is 5.62. The molecule has 0 bridgehead atoms. The van der Waals surface area contributed by atoms with Gasteiger partial charge in [0.15, 0.2) is 11.5 Å². The summed E-state index contributed by atoms with van der Waals surface area (Å²) >= 11 is 6.44. The lowest BCUT2D eigenvalue weighted by molar-refractivity contribution is 0.0766. The zero-order chi connectivity index (χ0) is 22.2. The van der Waals surface area contributed by atoms with Crippen LogP contribution in [0.3, 0.4) is 0 Å². The van der Waals surface area contributed by atoms with Crippen molar-refractivity contribution in [2.24, 2.45) is 0 Å². The Morgan fingerprint density at radius 3 is 2.55 bits per heavy atom. The lowest BCUT2D eigenvalue weighted by Gasteiger charge is -2.24. The van der Waals surface area contributed by atoms with E-state index in [9.17, 15) is 4.79 Å². The fraction of sp³-hybridized carbons (Fsp3) is 0.417. The molecule has 1 amide bonds. The first-order valence-electron chi connectivity index (χ1n) is 10.7. The average molecular weight is 442 g/mol. The molecule has 7 heteroatoms. The van der Waals surface area contributed by atoms with Crippen molar-refractivity contribution in [3.8, 4) is 17.6 Å². The number of nitriles is 1. The molecule has 164 valence electrons. The molecule has 31 heavy (non-hydrogen) atoms. The zero-order valence-corrected chi connectivity index (χ0v) is 18.8. The second kappa shape index (κ2) is 10.9. The number of hydrogen-bond donors (Lipinski definition) is 0. The van der Waals surface area contributed by atoms with Crippen LogP contribution in [0.2, 0.25) is 5.02 Å². The van der Waals surface area contributed by atoms with Crippen molar-refractivity contribution in [2.75, 3.05) is 44.3 Å². The van der Waals surface area contributed by atoms with Crippen LogP contribution in [0.1, 0.15) is 42.6 Å². The lowest BCUT2D eigenvalue weighted by atomic mass is 10.1. The molecule has 1 aliphatic rings. The average Bonchev–Trinajstić information content (AvgIpc) is 3.04. The second-order valence-corrected chi connectivity index (χ2v) is 7.77. The first-order chi connectivity index (χ1) is 15.1. The second-order valence-electron chi connectivity index (χ2n) is 7.36. The molecule has 0 unspecified atom stereocenters. The zero-order valence-electron chi connectivity index (χ0n) is 18.1. The van der Waals surface area contributed by atoms with Gasteiger partial charge in [0.05, 0.1) is 29.9 Å². The minimum atomic E-state index is -0.0634. The van der Waals surface area contributed by atoms with Gasteiger partial charge in [0, 0.05) is 37.4 Å². The Hall–Kier alpha value is -2.91. The number of hydrogen-bond acceptors (Lipinski definition) is 5. The van der Waals surface area contributed by atoms with Gasteiger partial charge in [0.1, 0.15) is 0 Å². The molecule has 1 aliphatic heterocycles. The van der Waals surface area contributed by atoms with Crippen LogP contribution >= 0.6 is 11.6 Å². The van der Waals surface area contributed by atoms with Crippen LogP contribution in [0, 0.1) is 11.3 Å². The molecule has 0 aromatic heterocycles. The summed E-state index contributed by atoms with van der Waals surface area (Å²) in [4.78, 5) is 17.3. The normalized spacial score (nSPS) is 14.0. The summed E-state index contributed by atoms with van der Waals surface area (Å²) in [5, 5.41) is 9.37. The van der Waals surface area contributed by atoms with E-state index in [-0.39, 0.29) is 5.91 Å². The maximum Gasteiger partial charge on any atom is 0.254 e. The molecule has 0 spiro atoms. The van der Waals surface area contributed by atoms with Crippen molar-refractivity contribution in [1.82, 2.24) is 4.90 Å². The van der Waals surface area contributed by atoms with Gasteiger partial charge in [-0.1, -0.05) is 18.5 Å². The summed E-state index contributed by atoms with van der Waals surface area (Å²) in [6.45, 7) is 7.75. The number of carbonyl (C=O) groups excluding carboxylic acids is 1. The topological polar surface area (TPSA) is 65.8 Å². The Morgan fingerprint density at radius 1 is 1.10 bits per heavy atom. The van der Waals surface area contributed by atoms with Gasteiger partial charge >= 0.3 is 0 Å². The SMILES string of the molecule is CCCOc1c(Cl)cc(C(=O)N2CCCN(c3ccc(C#N)cc3)CC2)cc1OCC. The Bertz CT molecular complexity index is 940. The van der Waals surface area contributed by atoms with Gasteiger partial charge in [-0.15, -0.1) is 0 Å². The summed E-state index contributed by atoms with van der Waals surface area (Å²) in [6, 6.07) is 13.1.